The summed E-state index contributed by atoms with van der Waals surface area (Å²) in [4.78, 5) is 18.9. The van der Waals surface area contributed by atoms with Crippen LogP contribution in [0.2, 0.25) is 0 Å². The lowest BCUT2D eigenvalue weighted by molar-refractivity contribution is 0.0895. The minimum atomic E-state index is -0.0598. The van der Waals surface area contributed by atoms with Gasteiger partial charge in [-0.3, -0.25) is 14.7 Å². The first kappa shape index (κ1) is 20.6. The molecule has 148 valence electrons. The second kappa shape index (κ2) is 9.85. The number of carbonyl (C=O) groups is 1. The Bertz CT molecular complexity index is 802. The summed E-state index contributed by atoms with van der Waals surface area (Å²) in [5, 5.41) is 3.14. The second-order valence-corrected chi connectivity index (χ2v) is 7.94. The van der Waals surface area contributed by atoms with Gasteiger partial charge in [0, 0.05) is 42.0 Å². The maximum Gasteiger partial charge on any atom is 0.253 e. The Hall–Kier alpha value is -2.18. The Kier molecular flexibility index (Phi) is 7.23. The van der Waals surface area contributed by atoms with Gasteiger partial charge in [0.05, 0.1) is 5.56 Å². The Morgan fingerprint density at radius 2 is 2.07 bits per heavy atom. The molecule has 2 aromatic rings. The zero-order valence-electron chi connectivity index (χ0n) is 16.1. The van der Waals surface area contributed by atoms with Crippen LogP contribution in [0.1, 0.15) is 41.7 Å². The Morgan fingerprint density at radius 1 is 1.36 bits per heavy atom. The number of benzene rings is 1. The number of amides is 1. The van der Waals surface area contributed by atoms with Gasteiger partial charge in [0.2, 0.25) is 0 Å². The van der Waals surface area contributed by atoms with Crippen molar-refractivity contribution < 1.29 is 9.53 Å². The number of halogens is 1. The lowest BCUT2D eigenvalue weighted by Crippen LogP contribution is -2.45. The fourth-order valence-corrected chi connectivity index (χ4v) is 3.81. The van der Waals surface area contributed by atoms with Crippen LogP contribution in [0.5, 0.6) is 5.75 Å². The first-order valence-corrected chi connectivity index (χ1v) is 10.3. The molecule has 0 saturated carbocycles. The van der Waals surface area contributed by atoms with Gasteiger partial charge in [-0.25, -0.2) is 0 Å². The molecule has 1 aromatic carbocycles. The number of pyridine rings is 1. The number of likely N-dealkylation sites (tertiary alicyclic amines) is 1. The number of piperidine rings is 1. The molecule has 1 aromatic heterocycles. The van der Waals surface area contributed by atoms with Crippen LogP contribution in [-0.2, 0) is 0 Å². The summed E-state index contributed by atoms with van der Waals surface area (Å²) >= 11 is 3.36. The Balaban J connectivity index is 1.50. The number of nitrogens with zero attached hydrogens (tertiary/aromatic N) is 2. The van der Waals surface area contributed by atoms with Crippen LogP contribution < -0.4 is 10.1 Å². The molecular weight excluding hydrogens is 418 g/mol. The van der Waals surface area contributed by atoms with E-state index in [2.05, 4.69) is 56.8 Å². The van der Waals surface area contributed by atoms with Crippen LogP contribution in [0, 0.1) is 0 Å². The number of carbonyl (C=O) groups excluding carboxylic acids is 1. The van der Waals surface area contributed by atoms with Crippen LogP contribution in [0.3, 0.4) is 0 Å². The molecule has 3 rings (SSSR count). The molecule has 1 amide bonds. The van der Waals surface area contributed by atoms with Gasteiger partial charge < -0.3 is 10.1 Å². The van der Waals surface area contributed by atoms with E-state index in [4.69, 9.17) is 4.74 Å². The van der Waals surface area contributed by atoms with E-state index in [9.17, 15) is 4.79 Å². The molecule has 0 bridgehead atoms. The summed E-state index contributed by atoms with van der Waals surface area (Å²) in [5.74, 6) is 0.801. The zero-order chi connectivity index (χ0) is 19.9. The number of rotatable bonds is 7. The summed E-state index contributed by atoms with van der Waals surface area (Å²) in [7, 11) is 0. The minimum Gasteiger partial charge on any atom is -0.490 e. The largest absolute Gasteiger partial charge is 0.490 e. The first-order chi connectivity index (χ1) is 13.6. The first-order valence-electron chi connectivity index (χ1n) is 9.56. The van der Waals surface area contributed by atoms with Crippen LogP contribution in [0.25, 0.3) is 0 Å². The van der Waals surface area contributed by atoms with Crippen molar-refractivity contribution in [3.63, 3.8) is 0 Å². The third-order valence-electron chi connectivity index (χ3n) is 5.11. The molecule has 28 heavy (non-hydrogen) atoms. The van der Waals surface area contributed by atoms with E-state index >= 15 is 0 Å². The fraction of sp³-hybridized carbons (Fsp3) is 0.364. The molecule has 1 aliphatic rings. The maximum atomic E-state index is 12.4. The van der Waals surface area contributed by atoms with Gasteiger partial charge >= 0.3 is 0 Å². The van der Waals surface area contributed by atoms with Crippen molar-refractivity contribution in [1.82, 2.24) is 15.2 Å². The van der Waals surface area contributed by atoms with E-state index in [1.165, 1.54) is 5.56 Å². The highest BCUT2D eigenvalue weighted by Crippen LogP contribution is 2.26. The summed E-state index contributed by atoms with van der Waals surface area (Å²) < 4.78 is 6.36. The predicted octanol–water partition coefficient (Wildman–Crippen LogP) is 4.36. The van der Waals surface area contributed by atoms with Gasteiger partial charge in [-0.1, -0.05) is 24.8 Å². The minimum absolute atomic E-state index is 0.0598. The van der Waals surface area contributed by atoms with Crippen molar-refractivity contribution >= 4 is 21.8 Å². The molecule has 1 aliphatic heterocycles. The maximum absolute atomic E-state index is 12.4. The number of hydrogen-bond acceptors (Lipinski definition) is 4. The van der Waals surface area contributed by atoms with E-state index in [1.807, 2.05) is 12.1 Å². The van der Waals surface area contributed by atoms with Gasteiger partial charge in [0.15, 0.2) is 0 Å². The average Bonchev–Trinajstić information content (AvgIpc) is 2.72. The SMILES string of the molecule is C=CCOc1ccc(C(C)N2CCC(NC(=O)c3cncc(Br)c3)CC2)cc1. The van der Waals surface area contributed by atoms with E-state index in [0.29, 0.717) is 18.2 Å². The lowest BCUT2D eigenvalue weighted by Gasteiger charge is -2.36. The quantitative estimate of drug-likeness (QED) is 0.645. The van der Waals surface area contributed by atoms with Crippen molar-refractivity contribution in [2.75, 3.05) is 19.7 Å². The van der Waals surface area contributed by atoms with E-state index in [0.717, 1.165) is 36.2 Å². The molecule has 0 radical (unpaired) electrons. The molecular formula is C22H26BrN3O2. The van der Waals surface area contributed by atoms with Crippen molar-refractivity contribution in [1.29, 1.82) is 0 Å². The van der Waals surface area contributed by atoms with Crippen LogP contribution in [-0.4, -0.2) is 41.5 Å². The fourth-order valence-electron chi connectivity index (χ4n) is 3.44. The van der Waals surface area contributed by atoms with E-state index in [-0.39, 0.29) is 11.9 Å². The molecule has 1 unspecified atom stereocenters. The summed E-state index contributed by atoms with van der Waals surface area (Å²) in [6.45, 7) is 8.32. The van der Waals surface area contributed by atoms with Gasteiger partial charge in [0.1, 0.15) is 12.4 Å². The second-order valence-electron chi connectivity index (χ2n) is 7.02. The third kappa shape index (κ3) is 5.42. The molecule has 6 heteroatoms. The van der Waals surface area contributed by atoms with E-state index < -0.39 is 0 Å². The van der Waals surface area contributed by atoms with Crippen molar-refractivity contribution in [2.45, 2.75) is 31.8 Å². The van der Waals surface area contributed by atoms with Gasteiger partial charge in [0.25, 0.3) is 5.91 Å². The van der Waals surface area contributed by atoms with Crippen LogP contribution >= 0.6 is 15.9 Å². The standard InChI is InChI=1S/C22H26BrN3O2/c1-3-12-28-21-6-4-17(5-7-21)16(2)26-10-8-20(9-11-26)25-22(27)18-13-19(23)15-24-14-18/h3-7,13-16,20H,1,8-12H2,2H3,(H,25,27). The van der Waals surface area contributed by atoms with E-state index in [1.54, 1.807) is 24.5 Å². The molecule has 0 spiro atoms. The molecule has 5 nitrogen and oxygen atoms in total. The molecule has 2 heterocycles. The highest BCUT2D eigenvalue weighted by molar-refractivity contribution is 9.10. The predicted molar refractivity (Wildman–Crippen MR) is 115 cm³/mol. The molecule has 1 N–H and O–H groups in total. The van der Waals surface area contributed by atoms with Crippen molar-refractivity contribution in [2.24, 2.45) is 0 Å². The Morgan fingerprint density at radius 3 is 2.71 bits per heavy atom. The normalized spacial score (nSPS) is 16.4. The molecule has 0 aliphatic carbocycles. The topological polar surface area (TPSA) is 54.5 Å². The van der Waals surface area contributed by atoms with Gasteiger partial charge in [-0.05, 0) is 59.5 Å². The number of nitrogens with one attached hydrogen (secondary N) is 1. The Labute approximate surface area is 174 Å². The summed E-state index contributed by atoms with van der Waals surface area (Å²) in [6, 6.07) is 10.6. The smallest absolute Gasteiger partial charge is 0.253 e. The van der Waals surface area contributed by atoms with Crippen LogP contribution in [0.4, 0.5) is 0 Å². The van der Waals surface area contributed by atoms with Crippen LogP contribution in [0.15, 0.2) is 59.9 Å². The van der Waals surface area contributed by atoms with Crippen molar-refractivity contribution in [3.05, 3.63) is 71.0 Å². The highest BCUT2D eigenvalue weighted by atomic mass is 79.9. The van der Waals surface area contributed by atoms with Gasteiger partial charge in [-0.15, -0.1) is 0 Å². The number of ether oxygens (including phenoxy) is 1. The third-order valence-corrected chi connectivity index (χ3v) is 5.54. The number of aromatic nitrogens is 1. The summed E-state index contributed by atoms with van der Waals surface area (Å²) in [5.41, 5.74) is 1.86. The lowest BCUT2D eigenvalue weighted by atomic mass is 10.00. The zero-order valence-corrected chi connectivity index (χ0v) is 17.7. The molecule has 1 fully saturated rings. The monoisotopic (exact) mass is 443 g/mol. The molecule has 1 saturated heterocycles. The van der Waals surface area contributed by atoms with Gasteiger partial charge in [-0.2, -0.15) is 0 Å². The number of hydrogen-bond donors (Lipinski definition) is 1. The summed E-state index contributed by atoms with van der Waals surface area (Å²) in [6.07, 6.45) is 6.90. The van der Waals surface area contributed by atoms with Crippen molar-refractivity contribution in [3.8, 4) is 5.75 Å². The molecule has 1 atom stereocenters. The average molecular weight is 444 g/mol. The highest BCUT2D eigenvalue weighted by Gasteiger charge is 2.25.